The number of halogens is 3. The van der Waals surface area contributed by atoms with Crippen molar-refractivity contribution >= 4 is 15.7 Å². The van der Waals surface area contributed by atoms with Gasteiger partial charge in [-0.2, -0.15) is 18.3 Å². The molecule has 2 N–H and O–H groups in total. The summed E-state index contributed by atoms with van der Waals surface area (Å²) in [6, 6.07) is 2.88. The number of ether oxygens (including phenoxy) is 1. The highest BCUT2D eigenvalue weighted by molar-refractivity contribution is 7.91. The van der Waals surface area contributed by atoms with Gasteiger partial charge in [0.25, 0.3) is 5.91 Å². The van der Waals surface area contributed by atoms with Crippen LogP contribution in [0.4, 0.5) is 13.2 Å². The molecule has 40 heavy (non-hydrogen) atoms. The Balaban J connectivity index is 1.94. The molecule has 3 aromatic heterocycles. The molecule has 10 nitrogen and oxygen atoms in total. The van der Waals surface area contributed by atoms with Crippen molar-refractivity contribution in [1.29, 1.82) is 0 Å². The number of hydrogen-bond donors (Lipinski definition) is 2. The van der Waals surface area contributed by atoms with Gasteiger partial charge in [-0.05, 0) is 58.2 Å². The molecular formula is C26H32F3N5O5S. The number of nitrogens with zero attached hydrogens (tertiary/aromatic N) is 4. The first kappa shape index (κ1) is 31.0. The smallest absolute Gasteiger partial charge is 0.420 e. The molecule has 0 saturated heterocycles. The van der Waals surface area contributed by atoms with Gasteiger partial charge in [0.1, 0.15) is 5.56 Å². The van der Waals surface area contributed by atoms with Gasteiger partial charge in [-0.1, -0.05) is 6.92 Å². The van der Waals surface area contributed by atoms with Crippen molar-refractivity contribution in [1.82, 2.24) is 25.1 Å². The summed E-state index contributed by atoms with van der Waals surface area (Å²) in [7, 11) is -3.42. The fourth-order valence-electron chi connectivity index (χ4n) is 3.84. The number of hydrogen-bond acceptors (Lipinski definition) is 8. The van der Waals surface area contributed by atoms with Crippen molar-refractivity contribution in [2.75, 3.05) is 12.4 Å². The largest absolute Gasteiger partial charge is 0.437 e. The van der Waals surface area contributed by atoms with E-state index < -0.39 is 38.8 Å². The highest BCUT2D eigenvalue weighted by Gasteiger charge is 2.38. The number of rotatable bonds is 10. The molecule has 1 amide bonds. The number of carbonyl (C=O) groups excluding carboxylic acids is 1. The van der Waals surface area contributed by atoms with E-state index in [0.717, 1.165) is 12.4 Å². The highest BCUT2D eigenvalue weighted by atomic mass is 32.2. The van der Waals surface area contributed by atoms with Crippen molar-refractivity contribution in [3.05, 3.63) is 58.8 Å². The molecule has 0 unspecified atom stereocenters. The van der Waals surface area contributed by atoms with Gasteiger partial charge < -0.3 is 15.2 Å². The summed E-state index contributed by atoms with van der Waals surface area (Å²) in [5, 5.41) is 16.1. The highest BCUT2D eigenvalue weighted by Crippen LogP contribution is 2.42. The SMILES string of the molecule is CCS(=O)(=O)c1ccc(CNC(=O)c2nn(C(C)(C)C)c(Oc3cncc(CCCO)c3C(F)(F)F)c2C)nc1. The number of aryl methyl sites for hydroxylation is 1. The topological polar surface area (TPSA) is 136 Å². The number of aliphatic hydroxyl groups excluding tert-OH is 1. The van der Waals surface area contributed by atoms with E-state index in [0.29, 0.717) is 5.69 Å². The third kappa shape index (κ3) is 6.97. The number of nitrogens with one attached hydrogen (secondary N) is 1. The van der Waals surface area contributed by atoms with Gasteiger partial charge in [-0.3, -0.25) is 14.8 Å². The Labute approximate surface area is 230 Å². The van der Waals surface area contributed by atoms with Crippen LogP contribution < -0.4 is 10.1 Å². The Kier molecular flexibility index (Phi) is 9.24. The van der Waals surface area contributed by atoms with Crippen molar-refractivity contribution in [2.24, 2.45) is 0 Å². The van der Waals surface area contributed by atoms with E-state index >= 15 is 0 Å². The van der Waals surface area contributed by atoms with Crippen LogP contribution in [0.25, 0.3) is 0 Å². The molecule has 0 spiro atoms. The van der Waals surface area contributed by atoms with E-state index in [1.54, 1.807) is 20.8 Å². The van der Waals surface area contributed by atoms with Crippen molar-refractivity contribution in [3.63, 3.8) is 0 Å². The molecule has 0 atom stereocenters. The molecule has 0 aliphatic heterocycles. The summed E-state index contributed by atoms with van der Waals surface area (Å²) in [4.78, 5) is 21.1. The van der Waals surface area contributed by atoms with Crippen LogP contribution in [0, 0.1) is 6.92 Å². The zero-order valence-corrected chi connectivity index (χ0v) is 23.6. The molecule has 0 saturated carbocycles. The van der Waals surface area contributed by atoms with Crippen molar-refractivity contribution in [3.8, 4) is 11.6 Å². The second kappa shape index (κ2) is 11.9. The van der Waals surface area contributed by atoms with Crippen LogP contribution in [0.3, 0.4) is 0 Å². The zero-order chi connectivity index (χ0) is 29.9. The molecule has 0 bridgehead atoms. The first-order valence-corrected chi connectivity index (χ1v) is 14.1. The van der Waals surface area contributed by atoms with Crippen LogP contribution in [0.15, 0.2) is 35.6 Å². The number of pyridine rings is 2. The maximum atomic E-state index is 14.1. The molecule has 3 rings (SSSR count). The van der Waals surface area contributed by atoms with Crippen molar-refractivity contribution < 1.29 is 36.2 Å². The summed E-state index contributed by atoms with van der Waals surface area (Å²) in [6.07, 6.45) is -1.44. The number of alkyl halides is 3. The predicted octanol–water partition coefficient (Wildman–Crippen LogP) is 4.20. The minimum atomic E-state index is -4.76. The van der Waals surface area contributed by atoms with Gasteiger partial charge >= 0.3 is 6.18 Å². The molecule has 0 fully saturated rings. The molecule has 14 heteroatoms. The fraction of sp³-hybridized carbons (Fsp3) is 0.462. The fourth-order valence-corrected chi connectivity index (χ4v) is 4.66. The zero-order valence-electron chi connectivity index (χ0n) is 22.8. The molecule has 3 aromatic rings. The summed E-state index contributed by atoms with van der Waals surface area (Å²) in [6.45, 7) is 7.97. The Bertz CT molecular complexity index is 1460. The minimum absolute atomic E-state index is 0.0433. The Morgan fingerprint density at radius 1 is 1.15 bits per heavy atom. The Hall–Kier alpha value is -3.52. The number of aromatic nitrogens is 4. The normalized spacial score (nSPS) is 12.4. The molecule has 0 radical (unpaired) electrons. The Morgan fingerprint density at radius 2 is 1.85 bits per heavy atom. The summed E-state index contributed by atoms with van der Waals surface area (Å²) < 4.78 is 73.3. The Morgan fingerprint density at radius 3 is 2.40 bits per heavy atom. The first-order chi connectivity index (χ1) is 18.6. The van der Waals surface area contributed by atoms with E-state index in [1.165, 1.54) is 36.9 Å². The van der Waals surface area contributed by atoms with Crippen LogP contribution in [-0.2, 0) is 34.5 Å². The summed E-state index contributed by atoms with van der Waals surface area (Å²) >= 11 is 0. The molecule has 0 aromatic carbocycles. The number of sulfone groups is 1. The van der Waals surface area contributed by atoms with Crippen LogP contribution in [0.5, 0.6) is 11.6 Å². The third-order valence-corrected chi connectivity index (χ3v) is 7.69. The second-order valence-corrected chi connectivity index (χ2v) is 12.3. The van der Waals surface area contributed by atoms with Crippen LogP contribution in [0.1, 0.15) is 67.0 Å². The molecule has 0 aliphatic rings. The van der Waals surface area contributed by atoms with Crippen LogP contribution >= 0.6 is 0 Å². The average Bonchev–Trinajstić information content (AvgIpc) is 3.22. The van der Waals surface area contributed by atoms with E-state index in [1.807, 2.05) is 0 Å². The van der Waals surface area contributed by atoms with Crippen LogP contribution in [-0.4, -0.2) is 51.5 Å². The lowest BCUT2D eigenvalue weighted by molar-refractivity contribution is -0.139. The van der Waals surface area contributed by atoms with Crippen LogP contribution in [0.2, 0.25) is 0 Å². The standard InChI is InChI=1S/C26H32F3N5O5S/c1-6-40(37,38)19-10-9-18(31-14-19)13-32-23(36)22-16(2)24(34(33-22)25(3,4)5)39-20-15-30-12-17(8-7-11-35)21(20)26(27,28)29/h9-10,12,14-15,35H,6-8,11,13H2,1-5H3,(H,32,36). The molecule has 3 heterocycles. The minimum Gasteiger partial charge on any atom is -0.437 e. The van der Waals surface area contributed by atoms with E-state index in [4.69, 9.17) is 9.84 Å². The predicted molar refractivity (Wildman–Crippen MR) is 140 cm³/mol. The van der Waals surface area contributed by atoms with Gasteiger partial charge in [0.15, 0.2) is 21.3 Å². The molecular weight excluding hydrogens is 551 g/mol. The van der Waals surface area contributed by atoms with Gasteiger partial charge in [0.2, 0.25) is 5.88 Å². The van der Waals surface area contributed by atoms with Gasteiger partial charge in [-0.25, -0.2) is 13.1 Å². The number of amides is 1. The lowest BCUT2D eigenvalue weighted by Gasteiger charge is -2.23. The lowest BCUT2D eigenvalue weighted by Crippen LogP contribution is -2.27. The maximum Gasteiger partial charge on any atom is 0.420 e. The molecule has 218 valence electrons. The monoisotopic (exact) mass is 583 g/mol. The van der Waals surface area contributed by atoms with Gasteiger partial charge in [0, 0.05) is 24.6 Å². The van der Waals surface area contributed by atoms with Crippen molar-refractivity contribution in [2.45, 2.75) is 70.6 Å². The second-order valence-electron chi connectivity index (χ2n) is 10.0. The number of carbonyl (C=O) groups is 1. The van der Waals surface area contributed by atoms with Gasteiger partial charge in [-0.15, -0.1) is 0 Å². The average molecular weight is 584 g/mol. The summed E-state index contributed by atoms with van der Waals surface area (Å²) in [5.41, 5.74) is -1.37. The first-order valence-electron chi connectivity index (χ1n) is 12.5. The van der Waals surface area contributed by atoms with E-state index in [9.17, 15) is 26.4 Å². The molecule has 0 aliphatic carbocycles. The van der Waals surface area contributed by atoms with E-state index in [2.05, 4.69) is 20.4 Å². The third-order valence-electron chi connectivity index (χ3n) is 5.97. The van der Waals surface area contributed by atoms with Gasteiger partial charge in [0.05, 0.1) is 34.6 Å². The lowest BCUT2D eigenvalue weighted by atomic mass is 10.0. The number of aliphatic hydroxyl groups is 1. The van der Waals surface area contributed by atoms with E-state index in [-0.39, 0.29) is 59.3 Å². The quantitative estimate of drug-likeness (QED) is 0.363. The maximum absolute atomic E-state index is 14.1. The summed E-state index contributed by atoms with van der Waals surface area (Å²) in [5.74, 6) is -1.30.